The molecule has 1 aliphatic heterocycles. The van der Waals surface area contributed by atoms with Gasteiger partial charge in [0.25, 0.3) is 0 Å². The molecule has 0 bridgehead atoms. The first-order chi connectivity index (χ1) is 12.0. The van der Waals surface area contributed by atoms with Crippen molar-refractivity contribution in [1.29, 1.82) is 0 Å². The molecule has 25 heavy (non-hydrogen) atoms. The van der Waals surface area contributed by atoms with E-state index in [0.717, 1.165) is 17.1 Å². The molecule has 1 aromatic heterocycles. The van der Waals surface area contributed by atoms with Gasteiger partial charge in [0.2, 0.25) is 15.9 Å². The molecular weight excluding hydrogens is 340 g/mol. The second-order valence-corrected chi connectivity index (χ2v) is 7.59. The monoisotopic (exact) mass is 360 g/mol. The first-order valence-electron chi connectivity index (χ1n) is 8.02. The largest absolute Gasteiger partial charge is 0.347 e. The smallest absolute Gasteiger partial charge is 0.240 e. The molecule has 0 aliphatic carbocycles. The van der Waals surface area contributed by atoms with Crippen LogP contribution in [0, 0.1) is 0 Å². The molecule has 0 radical (unpaired) electrons. The van der Waals surface area contributed by atoms with E-state index in [0.29, 0.717) is 25.8 Å². The minimum Gasteiger partial charge on any atom is -0.347 e. The standard InChI is InChI=1S/C17H20N4O3S/c1-21-13(7-9-16(21)15-8-10-17(22)20-19-15)11-12-18-25(23,24)14-5-3-2-4-6-14/h2-7,9,18H,8,10-12H2,1H3,(H,20,22). The van der Waals surface area contributed by atoms with Crippen molar-refractivity contribution in [3.05, 3.63) is 53.9 Å². The zero-order valence-electron chi connectivity index (χ0n) is 13.9. The van der Waals surface area contributed by atoms with Crippen molar-refractivity contribution in [3.63, 3.8) is 0 Å². The molecule has 0 saturated carbocycles. The fourth-order valence-electron chi connectivity index (χ4n) is 2.75. The second-order valence-electron chi connectivity index (χ2n) is 5.82. The molecule has 0 unspecified atom stereocenters. The molecule has 3 rings (SSSR count). The van der Waals surface area contributed by atoms with Crippen LogP contribution in [0.1, 0.15) is 24.2 Å². The summed E-state index contributed by atoms with van der Waals surface area (Å²) in [6, 6.07) is 12.2. The van der Waals surface area contributed by atoms with Crippen LogP contribution in [-0.4, -0.2) is 31.1 Å². The predicted molar refractivity (Wildman–Crippen MR) is 94.7 cm³/mol. The Hall–Kier alpha value is -2.45. The average Bonchev–Trinajstić information content (AvgIpc) is 2.97. The molecule has 0 saturated heterocycles. The van der Waals surface area contributed by atoms with Gasteiger partial charge >= 0.3 is 0 Å². The zero-order chi connectivity index (χ0) is 17.9. The van der Waals surface area contributed by atoms with Gasteiger partial charge in [-0.15, -0.1) is 0 Å². The molecule has 0 atom stereocenters. The van der Waals surface area contributed by atoms with E-state index in [4.69, 9.17) is 0 Å². The Balaban J connectivity index is 1.64. The van der Waals surface area contributed by atoms with Crippen LogP contribution in [0.2, 0.25) is 0 Å². The number of aromatic nitrogens is 1. The third-order valence-corrected chi connectivity index (χ3v) is 5.63. The van der Waals surface area contributed by atoms with Crippen molar-refractivity contribution < 1.29 is 13.2 Å². The van der Waals surface area contributed by atoms with Crippen molar-refractivity contribution in [1.82, 2.24) is 14.7 Å². The van der Waals surface area contributed by atoms with Crippen LogP contribution in [-0.2, 0) is 28.3 Å². The van der Waals surface area contributed by atoms with Crippen LogP contribution in [0.15, 0.2) is 52.5 Å². The molecular formula is C17H20N4O3S. The van der Waals surface area contributed by atoms with Crippen LogP contribution >= 0.6 is 0 Å². The summed E-state index contributed by atoms with van der Waals surface area (Å²) in [6.07, 6.45) is 1.59. The highest BCUT2D eigenvalue weighted by molar-refractivity contribution is 7.89. The maximum Gasteiger partial charge on any atom is 0.240 e. The van der Waals surface area contributed by atoms with Crippen LogP contribution in [0.3, 0.4) is 0 Å². The molecule has 1 aliphatic rings. The summed E-state index contributed by atoms with van der Waals surface area (Å²) in [7, 11) is -1.58. The first-order valence-corrected chi connectivity index (χ1v) is 9.51. The Kier molecular flexibility index (Phi) is 5.00. The van der Waals surface area contributed by atoms with Crippen LogP contribution in [0.4, 0.5) is 0 Å². The van der Waals surface area contributed by atoms with Gasteiger partial charge in [-0.2, -0.15) is 5.10 Å². The molecule has 132 valence electrons. The van der Waals surface area contributed by atoms with Crippen molar-refractivity contribution in [2.75, 3.05) is 6.54 Å². The lowest BCUT2D eigenvalue weighted by Crippen LogP contribution is -2.28. The van der Waals surface area contributed by atoms with Crippen LogP contribution in [0.25, 0.3) is 0 Å². The highest BCUT2D eigenvalue weighted by atomic mass is 32.2. The molecule has 0 fully saturated rings. The Morgan fingerprint density at radius 1 is 1.16 bits per heavy atom. The maximum absolute atomic E-state index is 12.2. The molecule has 8 heteroatoms. The van der Waals surface area contributed by atoms with Crippen molar-refractivity contribution >= 4 is 21.6 Å². The first kappa shape index (κ1) is 17.4. The fraction of sp³-hybridized carbons (Fsp3) is 0.294. The van der Waals surface area contributed by atoms with Gasteiger partial charge in [0.05, 0.1) is 16.3 Å². The Bertz CT molecular complexity index is 901. The average molecular weight is 360 g/mol. The normalized spacial score (nSPS) is 14.9. The third kappa shape index (κ3) is 3.97. The third-order valence-electron chi connectivity index (χ3n) is 4.15. The van der Waals surface area contributed by atoms with Crippen molar-refractivity contribution in [2.45, 2.75) is 24.2 Å². The summed E-state index contributed by atoms with van der Waals surface area (Å²) in [5.74, 6) is -0.0755. The Morgan fingerprint density at radius 3 is 2.60 bits per heavy atom. The topological polar surface area (TPSA) is 92.6 Å². The number of carbonyl (C=O) groups is 1. The number of amides is 1. The van der Waals surface area contributed by atoms with Gasteiger partial charge in [-0.3, -0.25) is 4.79 Å². The van der Waals surface area contributed by atoms with E-state index in [9.17, 15) is 13.2 Å². The summed E-state index contributed by atoms with van der Waals surface area (Å²) in [5.41, 5.74) is 5.25. The molecule has 1 aromatic carbocycles. The minimum atomic E-state index is -3.49. The van der Waals surface area contributed by atoms with Gasteiger partial charge in [0, 0.05) is 38.5 Å². The van der Waals surface area contributed by atoms with E-state index >= 15 is 0 Å². The maximum atomic E-state index is 12.2. The van der Waals surface area contributed by atoms with E-state index in [-0.39, 0.29) is 10.8 Å². The van der Waals surface area contributed by atoms with Gasteiger partial charge in [0.15, 0.2) is 0 Å². The molecule has 2 aromatic rings. The second kappa shape index (κ2) is 7.20. The van der Waals surface area contributed by atoms with Crippen LogP contribution < -0.4 is 10.1 Å². The van der Waals surface area contributed by atoms with Gasteiger partial charge < -0.3 is 4.57 Å². The fourth-order valence-corrected chi connectivity index (χ4v) is 3.80. The number of nitrogens with zero attached hydrogens (tertiary/aromatic N) is 2. The number of sulfonamides is 1. The lowest BCUT2D eigenvalue weighted by atomic mass is 10.1. The van der Waals surface area contributed by atoms with E-state index in [2.05, 4.69) is 15.2 Å². The number of benzene rings is 1. The van der Waals surface area contributed by atoms with E-state index in [1.165, 1.54) is 0 Å². The summed E-state index contributed by atoms with van der Waals surface area (Å²) < 4.78 is 29.0. The zero-order valence-corrected chi connectivity index (χ0v) is 14.7. The van der Waals surface area contributed by atoms with Gasteiger partial charge in [-0.1, -0.05) is 18.2 Å². The molecule has 0 spiro atoms. The number of hydrogen-bond acceptors (Lipinski definition) is 4. The number of hydrazone groups is 1. The van der Waals surface area contributed by atoms with E-state index in [1.807, 2.05) is 23.7 Å². The van der Waals surface area contributed by atoms with Crippen LogP contribution in [0.5, 0.6) is 0 Å². The minimum absolute atomic E-state index is 0.0755. The Morgan fingerprint density at radius 2 is 1.92 bits per heavy atom. The van der Waals surface area contributed by atoms with Gasteiger partial charge in [0.1, 0.15) is 0 Å². The summed E-state index contributed by atoms with van der Waals surface area (Å²) >= 11 is 0. The highest BCUT2D eigenvalue weighted by Crippen LogP contribution is 2.14. The molecule has 7 nitrogen and oxygen atoms in total. The van der Waals surface area contributed by atoms with Crippen molar-refractivity contribution in [3.8, 4) is 0 Å². The van der Waals surface area contributed by atoms with Crippen molar-refractivity contribution in [2.24, 2.45) is 12.1 Å². The highest BCUT2D eigenvalue weighted by Gasteiger charge is 2.17. The SMILES string of the molecule is Cn1c(CCNS(=O)(=O)c2ccccc2)ccc1C1=NNC(=O)CC1. The van der Waals surface area contributed by atoms with E-state index < -0.39 is 10.0 Å². The number of carbonyl (C=O) groups excluding carboxylic acids is 1. The van der Waals surface area contributed by atoms with E-state index in [1.54, 1.807) is 30.3 Å². The Labute approximate surface area is 146 Å². The van der Waals surface area contributed by atoms with Gasteiger partial charge in [-0.25, -0.2) is 18.6 Å². The summed E-state index contributed by atoms with van der Waals surface area (Å²) in [6.45, 7) is 0.303. The lowest BCUT2D eigenvalue weighted by molar-refractivity contribution is -0.121. The summed E-state index contributed by atoms with van der Waals surface area (Å²) in [4.78, 5) is 11.5. The predicted octanol–water partition coefficient (Wildman–Crippen LogP) is 1.16. The van der Waals surface area contributed by atoms with Gasteiger partial charge in [-0.05, 0) is 24.3 Å². The number of hydrogen-bond donors (Lipinski definition) is 2. The number of rotatable bonds is 6. The quantitative estimate of drug-likeness (QED) is 0.810. The molecule has 1 amide bonds. The summed E-state index contributed by atoms with van der Waals surface area (Å²) in [5, 5.41) is 4.10. The molecule has 2 N–H and O–H groups in total. The molecule has 2 heterocycles. The lowest BCUT2D eigenvalue weighted by Gasteiger charge is -2.14. The number of nitrogens with one attached hydrogen (secondary N) is 2.